The Morgan fingerprint density at radius 3 is 2.49 bits per heavy atom. The van der Waals surface area contributed by atoms with Gasteiger partial charge in [0.05, 0.1) is 27.1 Å². The number of thiophene rings is 1. The number of nitriles is 1. The predicted molar refractivity (Wildman–Crippen MR) is 146 cm³/mol. The maximum absolute atomic E-state index is 13.4. The number of benzene rings is 3. The summed E-state index contributed by atoms with van der Waals surface area (Å²) in [5.41, 5.74) is 0.927. The zero-order valence-electron chi connectivity index (χ0n) is 20.4. The summed E-state index contributed by atoms with van der Waals surface area (Å²) >= 11 is 7.81. The molecule has 1 aromatic heterocycles. The number of carbonyl (C=O) groups is 3. The summed E-state index contributed by atoms with van der Waals surface area (Å²) in [6.45, 7) is 5.28. The lowest BCUT2D eigenvalue weighted by atomic mass is 9.97. The van der Waals surface area contributed by atoms with Gasteiger partial charge in [0.15, 0.2) is 5.78 Å². The second-order valence-corrected chi connectivity index (χ2v) is 10.8. The summed E-state index contributed by atoms with van der Waals surface area (Å²) in [5, 5.41) is 13.1. The van der Waals surface area contributed by atoms with Crippen LogP contribution in [-0.2, 0) is 11.2 Å². The number of anilines is 1. The van der Waals surface area contributed by atoms with E-state index in [1.165, 1.54) is 29.5 Å². The van der Waals surface area contributed by atoms with E-state index in [0.29, 0.717) is 26.7 Å². The fourth-order valence-corrected chi connectivity index (χ4v) is 5.21. The van der Waals surface area contributed by atoms with Crippen LogP contribution in [0.3, 0.4) is 0 Å². The smallest absolute Gasteiger partial charge is 0.338 e. The van der Waals surface area contributed by atoms with Gasteiger partial charge in [0.2, 0.25) is 0 Å². The van der Waals surface area contributed by atoms with Crippen molar-refractivity contribution >= 4 is 56.4 Å². The molecule has 8 heteroatoms. The van der Waals surface area contributed by atoms with Gasteiger partial charge in [0, 0.05) is 27.8 Å². The fourth-order valence-electron chi connectivity index (χ4n) is 3.74. The maximum Gasteiger partial charge on any atom is 0.338 e. The topological polar surface area (TPSA) is 96.3 Å². The lowest BCUT2D eigenvalue weighted by molar-refractivity contribution is 0.00690. The maximum atomic E-state index is 13.4. The molecule has 4 aromatic rings. The molecule has 0 atom stereocenters. The molecule has 0 spiro atoms. The molecule has 0 saturated heterocycles. The van der Waals surface area contributed by atoms with Gasteiger partial charge in [-0.2, -0.15) is 5.26 Å². The Morgan fingerprint density at radius 1 is 1.03 bits per heavy atom. The summed E-state index contributed by atoms with van der Waals surface area (Å²) in [7, 11) is 0. The molecule has 0 fully saturated rings. The molecule has 0 radical (unpaired) electrons. The van der Waals surface area contributed by atoms with Crippen molar-refractivity contribution in [2.75, 3.05) is 5.32 Å². The largest absolute Gasteiger partial charge is 0.456 e. The van der Waals surface area contributed by atoms with E-state index in [2.05, 4.69) is 5.32 Å². The zero-order chi connectivity index (χ0) is 26.7. The van der Waals surface area contributed by atoms with E-state index in [1.807, 2.05) is 30.3 Å². The van der Waals surface area contributed by atoms with Gasteiger partial charge in [-0.1, -0.05) is 35.9 Å². The van der Waals surface area contributed by atoms with Crippen molar-refractivity contribution in [2.45, 2.75) is 32.8 Å². The van der Waals surface area contributed by atoms with Crippen LogP contribution in [0.15, 0.2) is 66.7 Å². The Kier molecular flexibility index (Phi) is 7.44. The molecular weight excluding hydrogens is 508 g/mol. The number of hydrogen-bond donors (Lipinski definition) is 1. The third kappa shape index (κ3) is 6.05. The first-order valence-corrected chi connectivity index (χ1v) is 12.6. The summed E-state index contributed by atoms with van der Waals surface area (Å²) in [6.07, 6.45) is -0.149. The summed E-state index contributed by atoms with van der Waals surface area (Å²) in [5.74, 6) is -1.31. The van der Waals surface area contributed by atoms with Gasteiger partial charge in [0.25, 0.3) is 5.91 Å². The van der Waals surface area contributed by atoms with Crippen LogP contribution in [0, 0.1) is 11.3 Å². The molecule has 4 rings (SSSR count). The van der Waals surface area contributed by atoms with Gasteiger partial charge in [-0.25, -0.2) is 4.79 Å². The van der Waals surface area contributed by atoms with Crippen LogP contribution in [0.4, 0.5) is 5.69 Å². The molecule has 186 valence electrons. The molecule has 0 aliphatic carbocycles. The zero-order valence-corrected chi connectivity index (χ0v) is 22.0. The molecule has 0 unspecified atom stereocenters. The van der Waals surface area contributed by atoms with E-state index in [0.717, 1.165) is 10.1 Å². The first-order chi connectivity index (χ1) is 17.6. The van der Waals surface area contributed by atoms with Crippen molar-refractivity contribution in [3.63, 3.8) is 0 Å². The first-order valence-electron chi connectivity index (χ1n) is 11.4. The standard InChI is InChI=1S/C29H23ClN2O4S/c1-29(2,3)36-28(35)18-11-12-21(27(34)32-20-8-6-7-17(13-20)16-31)19(14-18)15-23(33)26-25(30)22-9-4-5-10-24(22)37-26/h4-14H,15H2,1-3H3,(H,32,34). The van der Waals surface area contributed by atoms with Crippen molar-refractivity contribution in [1.29, 1.82) is 5.26 Å². The number of ether oxygens (including phenoxy) is 1. The second-order valence-electron chi connectivity index (χ2n) is 9.36. The normalized spacial score (nSPS) is 11.1. The van der Waals surface area contributed by atoms with Crippen LogP contribution in [-0.4, -0.2) is 23.3 Å². The van der Waals surface area contributed by atoms with Crippen molar-refractivity contribution < 1.29 is 19.1 Å². The van der Waals surface area contributed by atoms with Crippen molar-refractivity contribution in [1.82, 2.24) is 0 Å². The molecule has 3 aromatic carbocycles. The molecule has 0 aliphatic heterocycles. The highest BCUT2D eigenvalue weighted by Crippen LogP contribution is 2.36. The van der Waals surface area contributed by atoms with Crippen LogP contribution in [0.1, 0.15) is 62.3 Å². The number of Topliss-reactive ketones (excluding diaryl/α,β-unsaturated/α-hetero) is 1. The molecule has 1 heterocycles. The SMILES string of the molecule is CC(C)(C)OC(=O)c1ccc(C(=O)Nc2cccc(C#N)c2)c(CC(=O)c2sc3ccccc3c2Cl)c1. The van der Waals surface area contributed by atoms with Crippen LogP contribution in [0.2, 0.25) is 5.02 Å². The van der Waals surface area contributed by atoms with Crippen molar-refractivity contribution in [2.24, 2.45) is 0 Å². The van der Waals surface area contributed by atoms with Gasteiger partial charge in [-0.3, -0.25) is 9.59 Å². The van der Waals surface area contributed by atoms with Crippen LogP contribution in [0.25, 0.3) is 10.1 Å². The van der Waals surface area contributed by atoms with Crippen LogP contribution < -0.4 is 5.32 Å². The number of amides is 1. The molecule has 37 heavy (non-hydrogen) atoms. The molecule has 0 saturated carbocycles. The average molecular weight is 531 g/mol. The number of esters is 1. The van der Waals surface area contributed by atoms with Crippen LogP contribution in [0.5, 0.6) is 0 Å². The molecule has 1 N–H and O–H groups in total. The Morgan fingerprint density at radius 2 is 1.78 bits per heavy atom. The molecule has 0 aliphatic rings. The highest BCUT2D eigenvalue weighted by molar-refractivity contribution is 7.21. The van der Waals surface area contributed by atoms with Gasteiger partial charge >= 0.3 is 5.97 Å². The van der Waals surface area contributed by atoms with E-state index in [9.17, 15) is 14.4 Å². The van der Waals surface area contributed by atoms with Gasteiger partial charge in [0.1, 0.15) is 5.60 Å². The summed E-state index contributed by atoms with van der Waals surface area (Å²) in [6, 6.07) is 20.5. The Labute approximate surface area is 223 Å². The number of fused-ring (bicyclic) bond motifs is 1. The Hall–Kier alpha value is -3.99. The van der Waals surface area contributed by atoms with Gasteiger partial charge in [-0.15, -0.1) is 11.3 Å². The van der Waals surface area contributed by atoms with E-state index in [-0.39, 0.29) is 23.3 Å². The number of nitrogens with zero attached hydrogens (tertiary/aromatic N) is 1. The minimum Gasteiger partial charge on any atom is -0.456 e. The molecule has 0 bridgehead atoms. The quantitative estimate of drug-likeness (QED) is 0.212. The minimum atomic E-state index is -0.709. The monoisotopic (exact) mass is 530 g/mol. The molecule has 1 amide bonds. The Balaban J connectivity index is 1.70. The third-order valence-electron chi connectivity index (χ3n) is 5.37. The fraction of sp³-hybridized carbons (Fsp3) is 0.172. The molecular formula is C29H23ClN2O4S. The van der Waals surface area contributed by atoms with Crippen LogP contribution >= 0.6 is 22.9 Å². The number of carbonyl (C=O) groups excluding carboxylic acids is 3. The molecule has 6 nitrogen and oxygen atoms in total. The van der Waals surface area contributed by atoms with E-state index in [4.69, 9.17) is 21.6 Å². The van der Waals surface area contributed by atoms with E-state index >= 15 is 0 Å². The lowest BCUT2D eigenvalue weighted by Gasteiger charge is -2.20. The first kappa shape index (κ1) is 26.1. The number of halogens is 1. The van der Waals surface area contributed by atoms with Crippen molar-refractivity contribution in [3.8, 4) is 6.07 Å². The van der Waals surface area contributed by atoms with E-state index < -0.39 is 17.5 Å². The number of rotatable bonds is 6. The minimum absolute atomic E-state index is 0.149. The average Bonchev–Trinajstić information content (AvgIpc) is 3.19. The highest BCUT2D eigenvalue weighted by atomic mass is 35.5. The van der Waals surface area contributed by atoms with E-state index in [1.54, 1.807) is 45.0 Å². The number of ketones is 1. The summed E-state index contributed by atoms with van der Waals surface area (Å²) < 4.78 is 6.36. The van der Waals surface area contributed by atoms with Crippen molar-refractivity contribution in [3.05, 3.63) is 98.9 Å². The number of hydrogen-bond acceptors (Lipinski definition) is 6. The lowest BCUT2D eigenvalue weighted by Crippen LogP contribution is -2.24. The predicted octanol–water partition coefficient (Wildman–Crippen LogP) is 7.06. The summed E-state index contributed by atoms with van der Waals surface area (Å²) in [4.78, 5) is 39.7. The van der Waals surface area contributed by atoms with Gasteiger partial charge < -0.3 is 10.1 Å². The Bertz CT molecular complexity index is 1580. The third-order valence-corrected chi connectivity index (χ3v) is 7.09. The second kappa shape index (κ2) is 10.6. The highest BCUT2D eigenvalue weighted by Gasteiger charge is 2.23. The van der Waals surface area contributed by atoms with Gasteiger partial charge in [-0.05, 0) is 68.8 Å². The number of nitrogens with one attached hydrogen (secondary N) is 1.